The zero-order valence-electron chi connectivity index (χ0n) is 10.9. The van der Waals surface area contributed by atoms with Crippen LogP contribution >= 0.6 is 0 Å². The van der Waals surface area contributed by atoms with E-state index in [1.165, 1.54) is 0 Å². The molecule has 0 amide bonds. The smallest absolute Gasteiger partial charge is 0.119 e. The summed E-state index contributed by atoms with van der Waals surface area (Å²) in [7, 11) is 0. The SMILES string of the molecule is CCOc1ccc(NC2CNC(C)(C)C2)cc1. The van der Waals surface area contributed by atoms with E-state index in [-0.39, 0.29) is 5.54 Å². The quantitative estimate of drug-likeness (QED) is 0.840. The highest BCUT2D eigenvalue weighted by Gasteiger charge is 2.29. The first-order valence-electron chi connectivity index (χ1n) is 6.33. The molecule has 3 nitrogen and oxygen atoms in total. The molecule has 1 fully saturated rings. The standard InChI is InChI=1S/C14H22N2O/c1-4-17-13-7-5-11(6-8-13)16-12-9-14(2,3)15-10-12/h5-8,12,15-16H,4,9-10H2,1-3H3. The minimum absolute atomic E-state index is 0.253. The topological polar surface area (TPSA) is 33.3 Å². The van der Waals surface area contributed by atoms with Crippen LogP contribution in [0.5, 0.6) is 5.75 Å². The molecule has 1 aliphatic heterocycles. The zero-order valence-corrected chi connectivity index (χ0v) is 10.9. The number of hydrogen-bond donors (Lipinski definition) is 2. The molecule has 0 spiro atoms. The fourth-order valence-corrected chi connectivity index (χ4v) is 2.31. The largest absolute Gasteiger partial charge is 0.494 e. The minimum atomic E-state index is 0.253. The van der Waals surface area contributed by atoms with Gasteiger partial charge < -0.3 is 15.4 Å². The predicted molar refractivity (Wildman–Crippen MR) is 71.7 cm³/mol. The van der Waals surface area contributed by atoms with Gasteiger partial charge in [-0.1, -0.05) is 0 Å². The molecule has 1 saturated heterocycles. The number of hydrogen-bond acceptors (Lipinski definition) is 3. The summed E-state index contributed by atoms with van der Waals surface area (Å²) in [4.78, 5) is 0. The lowest BCUT2D eigenvalue weighted by atomic mass is 10.0. The molecule has 1 unspecified atom stereocenters. The Balaban J connectivity index is 1.91. The van der Waals surface area contributed by atoms with Gasteiger partial charge in [-0.05, 0) is 51.5 Å². The summed E-state index contributed by atoms with van der Waals surface area (Å²) in [6.07, 6.45) is 1.15. The average Bonchev–Trinajstić information content (AvgIpc) is 2.61. The van der Waals surface area contributed by atoms with E-state index in [4.69, 9.17) is 4.74 Å². The maximum atomic E-state index is 5.42. The number of ether oxygens (including phenoxy) is 1. The lowest BCUT2D eigenvalue weighted by Crippen LogP contribution is -2.31. The van der Waals surface area contributed by atoms with Gasteiger partial charge in [0.25, 0.3) is 0 Å². The molecule has 0 aromatic heterocycles. The van der Waals surface area contributed by atoms with Crippen molar-refractivity contribution < 1.29 is 4.74 Å². The Bertz CT molecular complexity index is 359. The molecule has 1 aliphatic rings. The molecule has 1 aromatic carbocycles. The zero-order chi connectivity index (χ0) is 12.3. The summed E-state index contributed by atoms with van der Waals surface area (Å²) in [6.45, 7) is 8.23. The van der Waals surface area contributed by atoms with Gasteiger partial charge in [0.1, 0.15) is 5.75 Å². The van der Waals surface area contributed by atoms with Crippen LogP contribution in [0.3, 0.4) is 0 Å². The lowest BCUT2D eigenvalue weighted by molar-refractivity contribution is 0.340. The first-order chi connectivity index (χ1) is 8.09. The molecule has 1 heterocycles. The van der Waals surface area contributed by atoms with Gasteiger partial charge in [0.05, 0.1) is 6.61 Å². The van der Waals surface area contributed by atoms with E-state index in [1.807, 2.05) is 19.1 Å². The molecule has 2 N–H and O–H groups in total. The van der Waals surface area contributed by atoms with Gasteiger partial charge in [-0.25, -0.2) is 0 Å². The van der Waals surface area contributed by atoms with Gasteiger partial charge in [-0.3, -0.25) is 0 Å². The van der Waals surface area contributed by atoms with Crippen LogP contribution in [-0.2, 0) is 0 Å². The molecular weight excluding hydrogens is 212 g/mol. The lowest BCUT2D eigenvalue weighted by Gasteiger charge is -2.18. The van der Waals surface area contributed by atoms with Crippen molar-refractivity contribution in [1.29, 1.82) is 0 Å². The fraction of sp³-hybridized carbons (Fsp3) is 0.571. The normalized spacial score (nSPS) is 22.4. The number of benzene rings is 1. The Kier molecular flexibility index (Phi) is 3.57. The van der Waals surface area contributed by atoms with Gasteiger partial charge >= 0.3 is 0 Å². The summed E-state index contributed by atoms with van der Waals surface area (Å²) in [6, 6.07) is 8.70. The second-order valence-electron chi connectivity index (χ2n) is 5.27. The molecular formula is C14H22N2O. The number of rotatable bonds is 4. The Morgan fingerprint density at radius 3 is 2.59 bits per heavy atom. The molecule has 0 aliphatic carbocycles. The van der Waals surface area contributed by atoms with Crippen molar-refractivity contribution in [3.8, 4) is 5.75 Å². The molecule has 1 aromatic rings. The fourth-order valence-electron chi connectivity index (χ4n) is 2.31. The monoisotopic (exact) mass is 234 g/mol. The van der Waals surface area contributed by atoms with Gasteiger partial charge in [0.2, 0.25) is 0 Å². The first kappa shape index (κ1) is 12.2. The van der Waals surface area contributed by atoms with Crippen LogP contribution in [0.1, 0.15) is 27.2 Å². The Morgan fingerprint density at radius 1 is 1.35 bits per heavy atom. The second-order valence-corrected chi connectivity index (χ2v) is 5.27. The minimum Gasteiger partial charge on any atom is -0.494 e. The third-order valence-corrected chi connectivity index (χ3v) is 3.12. The third-order valence-electron chi connectivity index (χ3n) is 3.12. The van der Waals surface area contributed by atoms with Crippen LogP contribution < -0.4 is 15.4 Å². The van der Waals surface area contributed by atoms with E-state index in [9.17, 15) is 0 Å². The second kappa shape index (κ2) is 4.96. The van der Waals surface area contributed by atoms with E-state index in [2.05, 4.69) is 36.6 Å². The van der Waals surface area contributed by atoms with Gasteiger partial charge in [-0.15, -0.1) is 0 Å². The highest BCUT2D eigenvalue weighted by Crippen LogP contribution is 2.22. The third kappa shape index (κ3) is 3.37. The van der Waals surface area contributed by atoms with Crippen molar-refractivity contribution in [2.75, 3.05) is 18.5 Å². The van der Waals surface area contributed by atoms with Crippen LogP contribution in [0.15, 0.2) is 24.3 Å². The van der Waals surface area contributed by atoms with Gasteiger partial charge in [-0.2, -0.15) is 0 Å². The van der Waals surface area contributed by atoms with E-state index in [1.54, 1.807) is 0 Å². The van der Waals surface area contributed by atoms with Crippen LogP contribution in [0.2, 0.25) is 0 Å². The van der Waals surface area contributed by atoms with Crippen molar-refractivity contribution in [3.05, 3.63) is 24.3 Å². The van der Waals surface area contributed by atoms with Crippen LogP contribution in [0.25, 0.3) is 0 Å². The molecule has 0 radical (unpaired) electrons. The average molecular weight is 234 g/mol. The van der Waals surface area contributed by atoms with Gasteiger partial charge in [0.15, 0.2) is 0 Å². The van der Waals surface area contributed by atoms with E-state index >= 15 is 0 Å². The molecule has 2 rings (SSSR count). The van der Waals surface area contributed by atoms with Crippen molar-refractivity contribution in [2.45, 2.75) is 38.8 Å². The van der Waals surface area contributed by atoms with E-state index in [0.29, 0.717) is 12.6 Å². The number of anilines is 1. The first-order valence-corrected chi connectivity index (χ1v) is 6.33. The molecule has 0 saturated carbocycles. The van der Waals surface area contributed by atoms with Crippen LogP contribution in [0.4, 0.5) is 5.69 Å². The van der Waals surface area contributed by atoms with Crippen molar-refractivity contribution in [3.63, 3.8) is 0 Å². The summed E-state index contributed by atoms with van der Waals surface area (Å²) < 4.78 is 5.42. The Hall–Kier alpha value is -1.22. The van der Waals surface area contributed by atoms with Crippen molar-refractivity contribution in [2.24, 2.45) is 0 Å². The predicted octanol–water partition coefficient (Wildman–Crippen LogP) is 2.64. The number of nitrogens with one attached hydrogen (secondary N) is 2. The van der Waals surface area contributed by atoms with E-state index < -0.39 is 0 Å². The van der Waals surface area contributed by atoms with Gasteiger partial charge in [0, 0.05) is 23.8 Å². The van der Waals surface area contributed by atoms with Crippen molar-refractivity contribution >= 4 is 5.69 Å². The molecule has 1 atom stereocenters. The Labute approximate surface area is 104 Å². The summed E-state index contributed by atoms with van der Waals surface area (Å²) in [5.74, 6) is 0.933. The summed E-state index contributed by atoms with van der Waals surface area (Å²) >= 11 is 0. The molecule has 3 heteroatoms. The summed E-state index contributed by atoms with van der Waals surface area (Å²) in [5.41, 5.74) is 1.42. The maximum Gasteiger partial charge on any atom is 0.119 e. The highest BCUT2D eigenvalue weighted by atomic mass is 16.5. The summed E-state index contributed by atoms with van der Waals surface area (Å²) in [5, 5.41) is 7.06. The molecule has 17 heavy (non-hydrogen) atoms. The molecule has 0 bridgehead atoms. The van der Waals surface area contributed by atoms with Crippen molar-refractivity contribution in [1.82, 2.24) is 5.32 Å². The van der Waals surface area contributed by atoms with E-state index in [0.717, 1.165) is 24.4 Å². The maximum absolute atomic E-state index is 5.42. The Morgan fingerprint density at radius 2 is 2.06 bits per heavy atom. The van der Waals surface area contributed by atoms with Crippen LogP contribution in [-0.4, -0.2) is 24.7 Å². The highest BCUT2D eigenvalue weighted by molar-refractivity contribution is 5.47. The van der Waals surface area contributed by atoms with Crippen LogP contribution in [0, 0.1) is 0 Å². The molecule has 94 valence electrons.